The first-order chi connectivity index (χ1) is 9.52. The predicted molar refractivity (Wildman–Crippen MR) is 70.7 cm³/mol. The van der Waals surface area contributed by atoms with Crippen molar-refractivity contribution in [1.29, 1.82) is 0 Å². The maximum absolute atomic E-state index is 12.1. The van der Waals surface area contributed by atoms with Gasteiger partial charge in [0.2, 0.25) is 5.91 Å². The first-order valence-corrected chi connectivity index (χ1v) is 7.20. The minimum absolute atomic E-state index is 0.162. The minimum atomic E-state index is -1.02. The molecule has 0 radical (unpaired) electrons. The highest BCUT2D eigenvalue weighted by Gasteiger charge is 2.57. The number of amides is 1. The van der Waals surface area contributed by atoms with E-state index in [1.807, 2.05) is 0 Å². The Labute approximate surface area is 117 Å². The molecule has 0 saturated carbocycles. The van der Waals surface area contributed by atoms with Crippen molar-refractivity contribution in [2.75, 3.05) is 13.1 Å². The van der Waals surface area contributed by atoms with Crippen LogP contribution in [0.2, 0.25) is 0 Å². The summed E-state index contributed by atoms with van der Waals surface area (Å²) in [4.78, 5) is 25.0. The molecule has 1 amide bonds. The van der Waals surface area contributed by atoms with Gasteiger partial charge < -0.3 is 20.4 Å². The fraction of sp³-hybridized carbons (Fsp3) is 0.714. The van der Waals surface area contributed by atoms with E-state index in [0.717, 1.165) is 31.5 Å². The Morgan fingerprint density at radius 3 is 2.80 bits per heavy atom. The number of rotatable bonds is 3. The summed E-state index contributed by atoms with van der Waals surface area (Å²) >= 11 is 0. The Morgan fingerprint density at radius 2 is 2.25 bits per heavy atom. The van der Waals surface area contributed by atoms with Crippen molar-refractivity contribution in [3.63, 3.8) is 0 Å². The van der Waals surface area contributed by atoms with E-state index in [9.17, 15) is 19.8 Å². The zero-order valence-electron chi connectivity index (χ0n) is 11.5. The molecule has 110 valence electrons. The molecule has 3 rings (SSSR count). The molecule has 3 N–H and O–H groups in total. The number of aliphatic carboxylic acids is 1. The van der Waals surface area contributed by atoms with E-state index in [1.165, 1.54) is 4.90 Å². The third-order valence-corrected chi connectivity index (χ3v) is 4.75. The van der Waals surface area contributed by atoms with Crippen LogP contribution in [0.25, 0.3) is 0 Å². The van der Waals surface area contributed by atoms with E-state index in [-0.39, 0.29) is 23.6 Å². The predicted octanol–water partition coefficient (Wildman–Crippen LogP) is -0.0638. The van der Waals surface area contributed by atoms with Crippen molar-refractivity contribution in [3.05, 3.63) is 11.3 Å². The maximum Gasteiger partial charge on any atom is 0.352 e. The Balaban J connectivity index is 1.89. The maximum atomic E-state index is 12.1. The molecular weight excluding hydrogens is 260 g/mol. The standard InChI is InChI=1S/C14H20N2O4/c1-7(17)11-10-5-9(8-3-2-4-15-6-8)12(14(19)20)16(10)13(11)18/h7-8,10-11,15,17H,2-6H2,1H3,(H,19,20)/t7-,8?,10-,11-/m1/s1. The highest BCUT2D eigenvalue weighted by molar-refractivity contribution is 5.99. The summed E-state index contributed by atoms with van der Waals surface area (Å²) < 4.78 is 0. The lowest BCUT2D eigenvalue weighted by atomic mass is 9.81. The number of β-lactam (4-membered cyclic amide) rings is 1. The fourth-order valence-corrected chi connectivity index (χ4v) is 3.82. The first-order valence-electron chi connectivity index (χ1n) is 7.20. The zero-order valence-corrected chi connectivity index (χ0v) is 11.5. The van der Waals surface area contributed by atoms with Crippen LogP contribution in [0.3, 0.4) is 0 Å². The van der Waals surface area contributed by atoms with Crippen molar-refractivity contribution >= 4 is 11.9 Å². The summed E-state index contributed by atoms with van der Waals surface area (Å²) in [7, 11) is 0. The Morgan fingerprint density at radius 1 is 1.50 bits per heavy atom. The number of nitrogens with zero attached hydrogens (tertiary/aromatic N) is 1. The molecule has 0 aromatic heterocycles. The van der Waals surface area contributed by atoms with Gasteiger partial charge in [-0.3, -0.25) is 4.79 Å². The van der Waals surface area contributed by atoms with E-state index >= 15 is 0 Å². The second kappa shape index (κ2) is 4.86. The first kappa shape index (κ1) is 13.6. The molecule has 6 nitrogen and oxygen atoms in total. The van der Waals surface area contributed by atoms with E-state index in [2.05, 4.69) is 5.32 Å². The van der Waals surface area contributed by atoms with E-state index in [1.54, 1.807) is 6.92 Å². The smallest absolute Gasteiger partial charge is 0.352 e. The van der Waals surface area contributed by atoms with Gasteiger partial charge in [0.25, 0.3) is 0 Å². The summed E-state index contributed by atoms with van der Waals surface area (Å²) in [5, 5.41) is 22.4. The quantitative estimate of drug-likeness (QED) is 0.630. The number of carbonyl (C=O) groups excluding carboxylic acids is 1. The number of hydrogen-bond acceptors (Lipinski definition) is 4. The molecule has 3 heterocycles. The third kappa shape index (κ3) is 1.86. The molecule has 1 unspecified atom stereocenters. The van der Waals surface area contributed by atoms with Crippen molar-refractivity contribution in [1.82, 2.24) is 10.2 Å². The molecule has 0 aromatic carbocycles. The molecule has 0 spiro atoms. The van der Waals surface area contributed by atoms with Crippen LogP contribution in [0.4, 0.5) is 0 Å². The van der Waals surface area contributed by atoms with Gasteiger partial charge in [-0.1, -0.05) is 0 Å². The van der Waals surface area contributed by atoms with Gasteiger partial charge in [-0.25, -0.2) is 4.79 Å². The highest BCUT2D eigenvalue weighted by Crippen LogP contribution is 2.46. The third-order valence-electron chi connectivity index (χ3n) is 4.75. The van der Waals surface area contributed by atoms with Gasteiger partial charge in [-0.15, -0.1) is 0 Å². The summed E-state index contributed by atoms with van der Waals surface area (Å²) in [6, 6.07) is -0.162. The van der Waals surface area contributed by atoms with Crippen molar-refractivity contribution in [2.45, 2.75) is 38.3 Å². The number of aliphatic hydroxyl groups is 1. The van der Waals surface area contributed by atoms with Crippen LogP contribution in [-0.2, 0) is 9.59 Å². The number of piperidine rings is 1. The Bertz CT molecular complexity index is 480. The minimum Gasteiger partial charge on any atom is -0.477 e. The molecule has 0 aliphatic carbocycles. The number of carbonyl (C=O) groups is 2. The van der Waals surface area contributed by atoms with Gasteiger partial charge in [0.1, 0.15) is 5.70 Å². The lowest BCUT2D eigenvalue weighted by Crippen LogP contribution is -2.61. The average Bonchev–Trinajstić information content (AvgIpc) is 2.74. The van der Waals surface area contributed by atoms with Crippen molar-refractivity contribution in [3.8, 4) is 0 Å². The number of carboxylic acids is 1. The largest absolute Gasteiger partial charge is 0.477 e. The van der Waals surface area contributed by atoms with Gasteiger partial charge in [-0.05, 0) is 44.2 Å². The van der Waals surface area contributed by atoms with Crippen LogP contribution in [0.15, 0.2) is 11.3 Å². The van der Waals surface area contributed by atoms with Gasteiger partial charge >= 0.3 is 5.97 Å². The lowest BCUT2D eigenvalue weighted by molar-refractivity contribution is -0.161. The summed E-state index contributed by atoms with van der Waals surface area (Å²) in [5.41, 5.74) is 1.05. The van der Waals surface area contributed by atoms with Crippen LogP contribution in [0.5, 0.6) is 0 Å². The molecule has 2 fully saturated rings. The number of carboxylic acid groups (broad SMARTS) is 1. The number of fused-ring (bicyclic) bond motifs is 1. The topological polar surface area (TPSA) is 89.9 Å². The molecule has 2 saturated heterocycles. The molecule has 3 aliphatic heterocycles. The Kier molecular flexibility index (Phi) is 3.30. The van der Waals surface area contributed by atoms with Crippen molar-refractivity contribution < 1.29 is 19.8 Å². The van der Waals surface area contributed by atoms with Gasteiger partial charge in [-0.2, -0.15) is 0 Å². The monoisotopic (exact) mass is 280 g/mol. The van der Waals surface area contributed by atoms with Crippen molar-refractivity contribution in [2.24, 2.45) is 11.8 Å². The van der Waals surface area contributed by atoms with Crippen LogP contribution in [0, 0.1) is 11.8 Å². The van der Waals surface area contributed by atoms with Crippen LogP contribution in [0.1, 0.15) is 26.2 Å². The second-order valence-corrected chi connectivity index (χ2v) is 5.97. The highest BCUT2D eigenvalue weighted by atomic mass is 16.4. The lowest BCUT2D eigenvalue weighted by Gasteiger charge is -2.44. The SMILES string of the molecule is C[C@@H](O)[C@H]1C(=O)N2C(C(=O)O)=C(C3CCCNC3)C[C@H]12. The summed E-state index contributed by atoms with van der Waals surface area (Å²) in [6.07, 6.45) is 1.87. The van der Waals surface area contributed by atoms with Crippen LogP contribution in [-0.4, -0.2) is 52.2 Å². The second-order valence-electron chi connectivity index (χ2n) is 5.97. The normalized spacial score (nSPS) is 34.8. The molecule has 20 heavy (non-hydrogen) atoms. The van der Waals surface area contributed by atoms with Crippen LogP contribution < -0.4 is 5.32 Å². The Hall–Kier alpha value is -1.40. The molecule has 0 bridgehead atoms. The molecule has 6 heteroatoms. The molecule has 3 aliphatic rings. The molecule has 0 aromatic rings. The molecule has 4 atom stereocenters. The number of nitrogens with one attached hydrogen (secondary N) is 1. The fourth-order valence-electron chi connectivity index (χ4n) is 3.82. The van der Waals surface area contributed by atoms with Crippen LogP contribution >= 0.6 is 0 Å². The van der Waals surface area contributed by atoms with Gasteiger partial charge in [0.05, 0.1) is 18.1 Å². The number of hydrogen-bond donors (Lipinski definition) is 3. The summed E-state index contributed by atoms with van der Waals surface area (Å²) in [6.45, 7) is 3.34. The molecular formula is C14H20N2O4. The van der Waals surface area contributed by atoms with Gasteiger partial charge in [0, 0.05) is 6.54 Å². The van der Waals surface area contributed by atoms with Gasteiger partial charge in [0.15, 0.2) is 0 Å². The van der Waals surface area contributed by atoms with E-state index < -0.39 is 18.0 Å². The van der Waals surface area contributed by atoms with E-state index in [0.29, 0.717) is 6.42 Å². The summed E-state index contributed by atoms with van der Waals surface area (Å²) in [5.74, 6) is -1.52. The van der Waals surface area contributed by atoms with E-state index in [4.69, 9.17) is 0 Å². The zero-order chi connectivity index (χ0) is 14.4. The number of aliphatic hydroxyl groups excluding tert-OH is 1. The average molecular weight is 280 g/mol.